The van der Waals surface area contributed by atoms with Gasteiger partial charge in [-0.1, -0.05) is 31.2 Å². The van der Waals surface area contributed by atoms with Gasteiger partial charge in [-0.05, 0) is 55.8 Å². The second-order valence-corrected chi connectivity index (χ2v) is 9.57. The molecule has 1 aliphatic heterocycles. The van der Waals surface area contributed by atoms with Gasteiger partial charge in [0, 0.05) is 49.7 Å². The fraction of sp³-hybridized carbons (Fsp3) is 0.393. The van der Waals surface area contributed by atoms with Crippen molar-refractivity contribution in [3.8, 4) is 17.0 Å². The summed E-state index contributed by atoms with van der Waals surface area (Å²) < 4.78 is 6.44. The minimum Gasteiger partial charge on any atom is -0.472 e. The van der Waals surface area contributed by atoms with Crippen molar-refractivity contribution < 1.29 is 14.6 Å². The van der Waals surface area contributed by atoms with Crippen molar-refractivity contribution in [1.82, 2.24) is 19.8 Å². The third-order valence-electron chi connectivity index (χ3n) is 6.67. The highest BCUT2D eigenvalue weighted by molar-refractivity contribution is 5.98. The maximum atomic E-state index is 13.7. The van der Waals surface area contributed by atoms with Crippen molar-refractivity contribution in [3.05, 3.63) is 77.7 Å². The summed E-state index contributed by atoms with van der Waals surface area (Å²) in [6.07, 6.45) is 5.19. The minimum atomic E-state index is -0.312. The van der Waals surface area contributed by atoms with Crippen molar-refractivity contribution >= 4 is 5.91 Å². The number of carbonyl (C=O) groups excluding carboxylic acids is 1. The molecule has 1 amide bonds. The highest BCUT2D eigenvalue weighted by Gasteiger charge is 2.34. The molecule has 4 rings (SSSR count). The van der Waals surface area contributed by atoms with E-state index < -0.39 is 0 Å². The lowest BCUT2D eigenvalue weighted by atomic mass is 9.98. The van der Waals surface area contributed by atoms with Gasteiger partial charge in [-0.15, -0.1) is 0 Å². The third-order valence-corrected chi connectivity index (χ3v) is 6.67. The Morgan fingerprint density at radius 2 is 1.94 bits per heavy atom. The normalized spacial score (nSPS) is 19.0. The van der Waals surface area contributed by atoms with Crippen LogP contribution < -0.4 is 4.74 Å². The number of hydrogen-bond acceptors (Lipinski definition) is 6. The smallest absolute Gasteiger partial charge is 0.259 e. The molecule has 3 aromatic rings. The first kappa shape index (κ1) is 24.8. The zero-order chi connectivity index (χ0) is 24.9. The molecule has 3 atom stereocenters. The number of likely N-dealkylation sites (N-methyl/N-ethyl adjacent to an activating group) is 1. The molecule has 1 aromatic carbocycles. The van der Waals surface area contributed by atoms with Crippen molar-refractivity contribution in [2.75, 3.05) is 26.7 Å². The molecule has 184 valence electrons. The molecule has 0 saturated carbocycles. The Bertz CT molecular complexity index is 1150. The van der Waals surface area contributed by atoms with Crippen LogP contribution in [0, 0.1) is 12.8 Å². The summed E-state index contributed by atoms with van der Waals surface area (Å²) in [5.41, 5.74) is 4.61. The number of rotatable bonds is 7. The summed E-state index contributed by atoms with van der Waals surface area (Å²) >= 11 is 0. The topological polar surface area (TPSA) is 78.8 Å². The van der Waals surface area contributed by atoms with Gasteiger partial charge in [0.15, 0.2) is 0 Å². The largest absolute Gasteiger partial charge is 0.472 e. The van der Waals surface area contributed by atoms with E-state index in [9.17, 15) is 9.90 Å². The molecule has 0 aliphatic carbocycles. The Hall–Kier alpha value is -3.29. The Kier molecular flexibility index (Phi) is 7.78. The standard InChI is InChI=1S/C28H34N4O3/c1-19-7-5-6-8-24(19)23-13-25-27(30-14-23)35-26(17-31(4)16-22-9-11-29-12-10-22)20(2)15-32(28(25)34)21(3)18-33/h5-14,20-21,26,33H,15-18H2,1-4H3/t20-,21-,26-/m0/s1. The molecule has 35 heavy (non-hydrogen) atoms. The van der Waals surface area contributed by atoms with Crippen LogP contribution in [0.25, 0.3) is 11.1 Å². The maximum Gasteiger partial charge on any atom is 0.259 e. The number of aliphatic hydroxyl groups excluding tert-OH is 1. The zero-order valence-electron chi connectivity index (χ0n) is 20.9. The second kappa shape index (κ2) is 11.0. The first-order chi connectivity index (χ1) is 16.9. The van der Waals surface area contributed by atoms with Crippen LogP contribution in [0.3, 0.4) is 0 Å². The lowest BCUT2D eigenvalue weighted by Crippen LogP contribution is -2.49. The Morgan fingerprint density at radius 3 is 2.66 bits per heavy atom. The Morgan fingerprint density at radius 1 is 1.20 bits per heavy atom. The number of nitrogens with zero attached hydrogens (tertiary/aromatic N) is 4. The summed E-state index contributed by atoms with van der Waals surface area (Å²) in [6.45, 7) is 7.81. The lowest BCUT2D eigenvalue weighted by molar-refractivity contribution is 0.0325. The predicted molar refractivity (Wildman–Crippen MR) is 136 cm³/mol. The molecular formula is C28H34N4O3. The fourth-order valence-electron chi connectivity index (χ4n) is 4.54. The second-order valence-electron chi connectivity index (χ2n) is 9.57. The average Bonchev–Trinajstić information content (AvgIpc) is 2.86. The number of benzene rings is 1. The van der Waals surface area contributed by atoms with E-state index in [1.807, 2.05) is 56.3 Å². The summed E-state index contributed by atoms with van der Waals surface area (Å²) in [7, 11) is 2.06. The summed E-state index contributed by atoms with van der Waals surface area (Å²) in [4.78, 5) is 26.3. The van der Waals surface area contributed by atoms with Crippen LogP contribution in [-0.2, 0) is 6.54 Å². The van der Waals surface area contributed by atoms with Crippen LogP contribution in [-0.4, -0.2) is 69.7 Å². The van der Waals surface area contributed by atoms with E-state index in [-0.39, 0.29) is 30.6 Å². The molecule has 2 aromatic heterocycles. The van der Waals surface area contributed by atoms with Crippen molar-refractivity contribution in [1.29, 1.82) is 0 Å². The number of ether oxygens (including phenoxy) is 1. The van der Waals surface area contributed by atoms with E-state index in [4.69, 9.17) is 4.74 Å². The van der Waals surface area contributed by atoms with Crippen molar-refractivity contribution in [2.24, 2.45) is 5.92 Å². The number of amides is 1. The van der Waals surface area contributed by atoms with Crippen LogP contribution in [0.4, 0.5) is 0 Å². The average molecular weight is 475 g/mol. The van der Waals surface area contributed by atoms with Gasteiger partial charge < -0.3 is 14.7 Å². The van der Waals surface area contributed by atoms with Crippen LogP contribution in [0.5, 0.6) is 5.88 Å². The van der Waals surface area contributed by atoms with E-state index in [2.05, 4.69) is 28.8 Å². The van der Waals surface area contributed by atoms with E-state index in [1.165, 1.54) is 5.56 Å². The molecule has 1 N–H and O–H groups in total. The number of aliphatic hydroxyl groups is 1. The number of carbonyl (C=O) groups is 1. The van der Waals surface area contributed by atoms with Gasteiger partial charge in [-0.2, -0.15) is 0 Å². The molecule has 3 heterocycles. The minimum absolute atomic E-state index is 0.0406. The van der Waals surface area contributed by atoms with Crippen LogP contribution >= 0.6 is 0 Å². The summed E-state index contributed by atoms with van der Waals surface area (Å²) in [5.74, 6) is 0.218. The van der Waals surface area contributed by atoms with Crippen molar-refractivity contribution in [3.63, 3.8) is 0 Å². The van der Waals surface area contributed by atoms with E-state index in [1.54, 1.807) is 23.5 Å². The molecule has 0 spiro atoms. The van der Waals surface area contributed by atoms with Gasteiger partial charge in [-0.3, -0.25) is 14.7 Å². The highest BCUT2D eigenvalue weighted by Crippen LogP contribution is 2.31. The SMILES string of the molecule is Cc1ccccc1-c1cnc2c(c1)C(=O)N([C@@H](C)CO)C[C@H](C)[C@H](CN(C)Cc1ccncc1)O2. The first-order valence-corrected chi connectivity index (χ1v) is 12.1. The Balaban J connectivity index is 1.67. The number of aryl methyl sites for hydroxylation is 1. The van der Waals surface area contributed by atoms with E-state index >= 15 is 0 Å². The van der Waals surface area contributed by atoms with Crippen LogP contribution in [0.1, 0.15) is 35.3 Å². The monoisotopic (exact) mass is 474 g/mol. The number of aromatic nitrogens is 2. The highest BCUT2D eigenvalue weighted by atomic mass is 16.5. The fourth-order valence-corrected chi connectivity index (χ4v) is 4.54. The summed E-state index contributed by atoms with van der Waals surface area (Å²) in [6, 6.07) is 13.6. The number of fused-ring (bicyclic) bond motifs is 1. The number of hydrogen-bond donors (Lipinski definition) is 1. The van der Waals surface area contributed by atoms with Gasteiger partial charge in [0.2, 0.25) is 5.88 Å². The first-order valence-electron chi connectivity index (χ1n) is 12.1. The molecule has 0 unspecified atom stereocenters. The molecule has 1 aliphatic rings. The van der Waals surface area contributed by atoms with Crippen LogP contribution in [0.2, 0.25) is 0 Å². The van der Waals surface area contributed by atoms with Crippen LogP contribution in [0.15, 0.2) is 61.1 Å². The zero-order valence-corrected chi connectivity index (χ0v) is 20.9. The molecule has 0 radical (unpaired) electrons. The predicted octanol–water partition coefficient (Wildman–Crippen LogP) is 3.80. The van der Waals surface area contributed by atoms with Gasteiger partial charge in [0.25, 0.3) is 5.91 Å². The maximum absolute atomic E-state index is 13.7. The quantitative estimate of drug-likeness (QED) is 0.561. The third kappa shape index (κ3) is 5.69. The van der Waals surface area contributed by atoms with Gasteiger partial charge in [-0.25, -0.2) is 4.98 Å². The molecule has 7 nitrogen and oxygen atoms in total. The molecule has 0 saturated heterocycles. The Labute approximate surface area is 207 Å². The van der Waals surface area contributed by atoms with Crippen molar-refractivity contribution in [2.45, 2.75) is 39.5 Å². The van der Waals surface area contributed by atoms with E-state index in [0.29, 0.717) is 24.5 Å². The molecule has 0 bridgehead atoms. The molecule has 0 fully saturated rings. The molecule has 7 heteroatoms. The molecular weight excluding hydrogens is 440 g/mol. The lowest BCUT2D eigenvalue weighted by Gasteiger charge is -2.37. The van der Waals surface area contributed by atoms with Gasteiger partial charge >= 0.3 is 0 Å². The van der Waals surface area contributed by atoms with Gasteiger partial charge in [0.1, 0.15) is 11.7 Å². The van der Waals surface area contributed by atoms with E-state index in [0.717, 1.165) is 23.2 Å². The van der Waals surface area contributed by atoms with Gasteiger partial charge in [0.05, 0.1) is 12.6 Å². The number of pyridine rings is 2. The summed E-state index contributed by atoms with van der Waals surface area (Å²) in [5, 5.41) is 9.89.